The number of β-amino-alcohol motifs (C(OH)–C–C–N with tert-alkyl or cyclic N) is 1. The number of rotatable bonds is 6. The fourth-order valence-electron chi connectivity index (χ4n) is 2.06. The number of benzene rings is 1. The minimum absolute atomic E-state index is 0.0339. The van der Waals surface area contributed by atoms with Crippen molar-refractivity contribution < 1.29 is 13.5 Å². The summed E-state index contributed by atoms with van der Waals surface area (Å²) in [7, 11) is -1.30. The molecule has 21 heavy (non-hydrogen) atoms. The highest BCUT2D eigenvalue weighted by Crippen LogP contribution is 2.19. The van der Waals surface area contributed by atoms with Crippen LogP contribution < -0.4 is 4.72 Å². The SMILES string of the molecule is CCS(=O)(=O)Nc1ccc(C(O)CN2C=CN(C)C2)cc1. The van der Waals surface area contributed by atoms with Crippen molar-refractivity contribution in [3.8, 4) is 0 Å². The lowest BCUT2D eigenvalue weighted by molar-refractivity contribution is 0.128. The molecule has 2 N–H and O–H groups in total. The van der Waals surface area contributed by atoms with Crippen LogP contribution in [0.3, 0.4) is 0 Å². The molecule has 0 aliphatic carbocycles. The monoisotopic (exact) mass is 311 g/mol. The summed E-state index contributed by atoms with van der Waals surface area (Å²) in [6.45, 7) is 2.84. The fourth-order valence-corrected chi connectivity index (χ4v) is 2.70. The topological polar surface area (TPSA) is 72.9 Å². The van der Waals surface area contributed by atoms with Crippen molar-refractivity contribution in [3.63, 3.8) is 0 Å². The molecule has 0 saturated heterocycles. The van der Waals surface area contributed by atoms with Crippen LogP contribution in [-0.2, 0) is 10.0 Å². The van der Waals surface area contributed by atoms with Gasteiger partial charge in [0.15, 0.2) is 0 Å². The Hall–Kier alpha value is -1.73. The Morgan fingerprint density at radius 3 is 2.48 bits per heavy atom. The second-order valence-electron chi connectivity index (χ2n) is 5.11. The van der Waals surface area contributed by atoms with Crippen LogP contribution in [0.4, 0.5) is 5.69 Å². The molecular formula is C14H21N3O3S. The Morgan fingerprint density at radius 1 is 1.29 bits per heavy atom. The van der Waals surface area contributed by atoms with Gasteiger partial charge < -0.3 is 14.9 Å². The Bertz CT molecular complexity index is 598. The zero-order valence-corrected chi connectivity index (χ0v) is 13.0. The van der Waals surface area contributed by atoms with Crippen molar-refractivity contribution in [2.45, 2.75) is 13.0 Å². The normalized spacial score (nSPS) is 16.3. The van der Waals surface area contributed by atoms with Crippen molar-refractivity contribution in [1.29, 1.82) is 0 Å². The molecule has 1 aliphatic heterocycles. The molecule has 1 heterocycles. The van der Waals surface area contributed by atoms with Gasteiger partial charge in [0.1, 0.15) is 0 Å². The van der Waals surface area contributed by atoms with Gasteiger partial charge in [0, 0.05) is 31.7 Å². The summed E-state index contributed by atoms with van der Waals surface area (Å²) >= 11 is 0. The van der Waals surface area contributed by atoms with Gasteiger partial charge in [-0.2, -0.15) is 0 Å². The summed E-state index contributed by atoms with van der Waals surface area (Å²) in [6.07, 6.45) is 3.28. The van der Waals surface area contributed by atoms with Crippen LogP contribution in [0.2, 0.25) is 0 Å². The first-order valence-electron chi connectivity index (χ1n) is 6.81. The van der Waals surface area contributed by atoms with Gasteiger partial charge in [0.2, 0.25) is 10.0 Å². The molecule has 0 spiro atoms. The molecular weight excluding hydrogens is 290 g/mol. The molecule has 1 aromatic rings. The standard InChI is InChI=1S/C14H21N3O3S/c1-3-21(19,20)15-13-6-4-12(5-7-13)14(18)10-17-9-8-16(2)11-17/h4-9,14-15,18H,3,10-11H2,1-2H3. The third-order valence-electron chi connectivity index (χ3n) is 3.29. The Balaban J connectivity index is 1.97. The van der Waals surface area contributed by atoms with E-state index < -0.39 is 16.1 Å². The number of aliphatic hydroxyl groups is 1. The number of sulfonamides is 1. The minimum Gasteiger partial charge on any atom is -0.387 e. The van der Waals surface area contributed by atoms with Crippen LogP contribution in [0.25, 0.3) is 0 Å². The Labute approximate surface area is 125 Å². The van der Waals surface area contributed by atoms with Crippen molar-refractivity contribution in [3.05, 3.63) is 42.2 Å². The zero-order chi connectivity index (χ0) is 15.5. The average molecular weight is 311 g/mol. The molecule has 0 fully saturated rings. The summed E-state index contributed by atoms with van der Waals surface area (Å²) in [5.74, 6) is 0.0339. The van der Waals surface area contributed by atoms with Crippen LogP contribution in [0.5, 0.6) is 0 Å². The first kappa shape index (κ1) is 15.7. The van der Waals surface area contributed by atoms with E-state index in [0.29, 0.717) is 12.2 Å². The summed E-state index contributed by atoms with van der Waals surface area (Å²) < 4.78 is 25.4. The van der Waals surface area contributed by atoms with E-state index >= 15 is 0 Å². The van der Waals surface area contributed by atoms with E-state index in [9.17, 15) is 13.5 Å². The maximum absolute atomic E-state index is 11.5. The molecule has 2 rings (SSSR count). The van der Waals surface area contributed by atoms with Gasteiger partial charge in [-0.15, -0.1) is 0 Å². The number of nitrogens with one attached hydrogen (secondary N) is 1. The van der Waals surface area contributed by atoms with Crippen LogP contribution >= 0.6 is 0 Å². The highest BCUT2D eigenvalue weighted by atomic mass is 32.2. The van der Waals surface area contributed by atoms with Crippen LogP contribution in [0.15, 0.2) is 36.7 Å². The predicted octanol–water partition coefficient (Wildman–Crippen LogP) is 1.16. The summed E-state index contributed by atoms with van der Waals surface area (Å²) in [6, 6.07) is 6.80. The molecule has 1 atom stereocenters. The van der Waals surface area contributed by atoms with Crippen molar-refractivity contribution in [2.24, 2.45) is 0 Å². The van der Waals surface area contributed by atoms with Crippen molar-refractivity contribution >= 4 is 15.7 Å². The highest BCUT2D eigenvalue weighted by molar-refractivity contribution is 7.92. The van der Waals surface area contributed by atoms with Crippen LogP contribution in [0.1, 0.15) is 18.6 Å². The van der Waals surface area contributed by atoms with Gasteiger partial charge in [-0.05, 0) is 24.6 Å². The van der Waals surface area contributed by atoms with Gasteiger partial charge in [0.25, 0.3) is 0 Å². The Morgan fingerprint density at radius 2 is 1.95 bits per heavy atom. The molecule has 6 nitrogen and oxygen atoms in total. The van der Waals surface area contributed by atoms with E-state index in [1.807, 2.05) is 29.2 Å². The molecule has 1 unspecified atom stereocenters. The van der Waals surface area contributed by atoms with E-state index in [-0.39, 0.29) is 5.75 Å². The molecule has 116 valence electrons. The minimum atomic E-state index is -3.27. The zero-order valence-electron chi connectivity index (χ0n) is 12.2. The number of hydrogen-bond acceptors (Lipinski definition) is 5. The van der Waals surface area contributed by atoms with Crippen molar-refractivity contribution in [2.75, 3.05) is 30.7 Å². The van der Waals surface area contributed by atoms with Gasteiger partial charge >= 0.3 is 0 Å². The molecule has 1 aliphatic rings. The molecule has 7 heteroatoms. The van der Waals surface area contributed by atoms with Crippen LogP contribution in [-0.4, -0.2) is 49.3 Å². The van der Waals surface area contributed by atoms with Gasteiger partial charge in [0.05, 0.1) is 18.5 Å². The molecule has 1 aromatic carbocycles. The first-order valence-corrected chi connectivity index (χ1v) is 8.46. The second-order valence-corrected chi connectivity index (χ2v) is 7.12. The van der Waals surface area contributed by atoms with Gasteiger partial charge in [-0.1, -0.05) is 12.1 Å². The summed E-state index contributed by atoms with van der Waals surface area (Å²) in [5, 5.41) is 10.2. The van der Waals surface area contributed by atoms with E-state index in [1.165, 1.54) is 0 Å². The Kier molecular flexibility index (Phi) is 4.74. The maximum Gasteiger partial charge on any atom is 0.232 e. The lowest BCUT2D eigenvalue weighted by atomic mass is 10.1. The number of hydrogen-bond donors (Lipinski definition) is 2. The highest BCUT2D eigenvalue weighted by Gasteiger charge is 2.15. The molecule has 0 radical (unpaired) electrons. The average Bonchev–Trinajstić information content (AvgIpc) is 2.84. The fraction of sp³-hybridized carbons (Fsp3) is 0.429. The van der Waals surface area contributed by atoms with Crippen molar-refractivity contribution in [1.82, 2.24) is 9.80 Å². The number of anilines is 1. The third-order valence-corrected chi connectivity index (χ3v) is 4.60. The van der Waals surface area contributed by atoms with Gasteiger partial charge in [-0.25, -0.2) is 8.42 Å². The van der Waals surface area contributed by atoms with E-state index in [1.54, 1.807) is 31.2 Å². The lowest BCUT2D eigenvalue weighted by Gasteiger charge is -2.21. The van der Waals surface area contributed by atoms with E-state index in [0.717, 1.165) is 12.2 Å². The molecule has 0 aromatic heterocycles. The number of nitrogens with zero attached hydrogens (tertiary/aromatic N) is 2. The first-order chi connectivity index (χ1) is 9.89. The summed E-state index contributed by atoms with van der Waals surface area (Å²) in [5.41, 5.74) is 1.27. The van der Waals surface area contributed by atoms with E-state index in [4.69, 9.17) is 0 Å². The largest absolute Gasteiger partial charge is 0.387 e. The quantitative estimate of drug-likeness (QED) is 0.825. The van der Waals surface area contributed by atoms with E-state index in [2.05, 4.69) is 4.72 Å². The smallest absolute Gasteiger partial charge is 0.232 e. The summed E-state index contributed by atoms with van der Waals surface area (Å²) in [4.78, 5) is 4.04. The maximum atomic E-state index is 11.5. The third kappa shape index (κ3) is 4.37. The number of aliphatic hydroxyl groups excluding tert-OH is 1. The molecule has 0 bridgehead atoms. The van der Waals surface area contributed by atoms with Crippen LogP contribution in [0, 0.1) is 0 Å². The molecule has 0 saturated carbocycles. The second kappa shape index (κ2) is 6.36. The molecule has 0 amide bonds. The predicted molar refractivity (Wildman–Crippen MR) is 83.0 cm³/mol. The lowest BCUT2D eigenvalue weighted by Crippen LogP contribution is -2.26. The van der Waals surface area contributed by atoms with Gasteiger partial charge in [-0.3, -0.25) is 4.72 Å².